The number of hydrogen-bond acceptors (Lipinski definition) is 7. The van der Waals surface area contributed by atoms with E-state index >= 15 is 0 Å². The number of anilines is 1. The average molecular weight is 738 g/mol. The molecule has 3 N–H and O–H groups in total. The second-order valence-corrected chi connectivity index (χ2v) is 14.4. The second-order valence-electron chi connectivity index (χ2n) is 14.4. The molecular formula is C43H49F2N5O4. The van der Waals surface area contributed by atoms with Crippen molar-refractivity contribution in [3.05, 3.63) is 138 Å². The van der Waals surface area contributed by atoms with Crippen LogP contribution >= 0.6 is 0 Å². The van der Waals surface area contributed by atoms with Crippen LogP contribution in [0.1, 0.15) is 56.2 Å². The molecule has 2 amide bonds. The number of carbonyl (C=O) groups is 2. The largest absolute Gasteiger partial charge is 0.445 e. The van der Waals surface area contributed by atoms with Crippen LogP contribution in [-0.4, -0.2) is 59.2 Å². The third kappa shape index (κ3) is 10.8. The lowest BCUT2D eigenvalue weighted by atomic mass is 9.73. The van der Waals surface area contributed by atoms with Crippen molar-refractivity contribution >= 4 is 17.9 Å². The van der Waals surface area contributed by atoms with Gasteiger partial charge in [0, 0.05) is 37.4 Å². The highest BCUT2D eigenvalue weighted by Crippen LogP contribution is 2.38. The zero-order valence-electron chi connectivity index (χ0n) is 30.9. The number of carbonyl (C=O) groups excluding carboxylic acids is 2. The number of nitriles is 1. The molecule has 4 atom stereocenters. The molecule has 4 aromatic carbocycles. The summed E-state index contributed by atoms with van der Waals surface area (Å²) in [6.07, 6.45) is 2.24. The molecule has 0 spiro atoms. The first kappa shape index (κ1) is 39.7. The lowest BCUT2D eigenvalue weighted by Gasteiger charge is -2.45. The number of benzene rings is 4. The van der Waals surface area contributed by atoms with Crippen LogP contribution in [0.15, 0.2) is 109 Å². The molecule has 11 heteroatoms. The molecule has 2 saturated heterocycles. The van der Waals surface area contributed by atoms with Crippen LogP contribution in [0, 0.1) is 28.4 Å². The minimum atomic E-state index is -0.594. The Labute approximate surface area is 316 Å². The lowest BCUT2D eigenvalue weighted by molar-refractivity contribution is 0.0497. The van der Waals surface area contributed by atoms with Crippen LogP contribution in [-0.2, 0) is 29.1 Å². The molecule has 284 valence electrons. The summed E-state index contributed by atoms with van der Waals surface area (Å²) in [5, 5.41) is 13.2. The number of ether oxygens (including phenoxy) is 2. The van der Waals surface area contributed by atoms with E-state index < -0.39 is 5.41 Å². The summed E-state index contributed by atoms with van der Waals surface area (Å²) in [4.78, 5) is 28.4. The molecule has 2 heterocycles. The van der Waals surface area contributed by atoms with E-state index in [1.165, 1.54) is 24.3 Å². The van der Waals surface area contributed by atoms with Gasteiger partial charge in [-0.3, -0.25) is 0 Å². The van der Waals surface area contributed by atoms with Gasteiger partial charge < -0.3 is 30.3 Å². The quantitative estimate of drug-likeness (QED) is 0.177. The smallest absolute Gasteiger partial charge is 0.410 e. The van der Waals surface area contributed by atoms with Gasteiger partial charge in [0.1, 0.15) is 24.8 Å². The number of likely N-dealkylation sites (tertiary alicyclic amines) is 2. The van der Waals surface area contributed by atoms with Gasteiger partial charge in [-0.05, 0) is 93.0 Å². The van der Waals surface area contributed by atoms with E-state index in [1.54, 1.807) is 21.9 Å². The lowest BCUT2D eigenvalue weighted by Crippen LogP contribution is -2.58. The summed E-state index contributed by atoms with van der Waals surface area (Å²) >= 11 is 0. The third-order valence-electron chi connectivity index (χ3n) is 10.3. The van der Waals surface area contributed by atoms with Crippen LogP contribution in [0.5, 0.6) is 0 Å². The number of piperidine rings is 2. The average Bonchev–Trinajstić information content (AvgIpc) is 3.17. The first-order chi connectivity index (χ1) is 26.0. The zero-order chi connectivity index (χ0) is 38.6. The molecule has 0 unspecified atom stereocenters. The number of nitrogens with one attached hydrogen (secondary N) is 1. The van der Waals surface area contributed by atoms with Gasteiger partial charge in [-0.2, -0.15) is 5.26 Å². The molecule has 6 rings (SSSR count). The molecule has 9 nitrogen and oxygen atoms in total. The number of rotatable bonds is 9. The predicted molar refractivity (Wildman–Crippen MR) is 204 cm³/mol. The maximum atomic E-state index is 13.5. The third-order valence-corrected chi connectivity index (χ3v) is 10.3. The maximum Gasteiger partial charge on any atom is 0.410 e. The highest BCUT2D eigenvalue weighted by Gasteiger charge is 2.41. The van der Waals surface area contributed by atoms with Crippen molar-refractivity contribution in [1.82, 2.24) is 9.80 Å². The van der Waals surface area contributed by atoms with Gasteiger partial charge in [0.05, 0.1) is 17.0 Å². The molecule has 54 heavy (non-hydrogen) atoms. The van der Waals surface area contributed by atoms with Crippen molar-refractivity contribution in [2.45, 2.75) is 76.8 Å². The number of nitrogens with two attached hydrogens (primary N) is 1. The predicted octanol–water partition coefficient (Wildman–Crippen LogP) is 8.46. The van der Waals surface area contributed by atoms with Crippen molar-refractivity contribution < 1.29 is 27.8 Å². The Hall–Kier alpha value is -5.47. The van der Waals surface area contributed by atoms with Crippen LogP contribution < -0.4 is 11.1 Å². The van der Waals surface area contributed by atoms with Gasteiger partial charge in [0.25, 0.3) is 0 Å². The monoisotopic (exact) mass is 737 g/mol. The van der Waals surface area contributed by atoms with E-state index in [0.29, 0.717) is 57.4 Å². The van der Waals surface area contributed by atoms with E-state index in [2.05, 4.69) is 11.4 Å². The van der Waals surface area contributed by atoms with E-state index in [1.807, 2.05) is 86.6 Å². The number of amides is 2. The first-order valence-corrected chi connectivity index (χ1v) is 18.4. The summed E-state index contributed by atoms with van der Waals surface area (Å²) in [6.45, 7) is 5.80. The van der Waals surface area contributed by atoms with Crippen molar-refractivity contribution in [3.63, 3.8) is 0 Å². The van der Waals surface area contributed by atoms with Crippen molar-refractivity contribution in [2.75, 3.05) is 25.0 Å². The fourth-order valence-corrected chi connectivity index (χ4v) is 7.37. The van der Waals surface area contributed by atoms with Crippen LogP contribution in [0.25, 0.3) is 0 Å². The molecule has 0 aliphatic carbocycles. The fourth-order valence-electron chi connectivity index (χ4n) is 7.37. The Bertz CT molecular complexity index is 1880. The highest BCUT2D eigenvalue weighted by atomic mass is 19.1. The minimum Gasteiger partial charge on any atom is -0.445 e. The summed E-state index contributed by atoms with van der Waals surface area (Å²) in [5.41, 5.74) is 8.49. The first-order valence-electron chi connectivity index (χ1n) is 18.4. The normalized spacial score (nSPS) is 22.2. The molecule has 0 radical (unpaired) electrons. The van der Waals surface area contributed by atoms with E-state index in [9.17, 15) is 23.6 Å². The Morgan fingerprint density at radius 1 is 0.759 bits per heavy atom. The van der Waals surface area contributed by atoms with Crippen molar-refractivity contribution in [2.24, 2.45) is 11.1 Å². The van der Waals surface area contributed by atoms with Crippen molar-refractivity contribution in [3.8, 4) is 6.07 Å². The van der Waals surface area contributed by atoms with Gasteiger partial charge in [-0.25, -0.2) is 18.4 Å². The number of halogens is 2. The van der Waals surface area contributed by atoms with Crippen LogP contribution in [0.2, 0.25) is 0 Å². The summed E-state index contributed by atoms with van der Waals surface area (Å²) in [6, 6.07) is 34.2. The van der Waals surface area contributed by atoms with Crippen LogP contribution in [0.4, 0.5) is 24.1 Å². The van der Waals surface area contributed by atoms with E-state index in [0.717, 1.165) is 16.7 Å². The maximum absolute atomic E-state index is 13.5. The van der Waals surface area contributed by atoms with E-state index in [4.69, 9.17) is 15.2 Å². The summed E-state index contributed by atoms with van der Waals surface area (Å²) < 4.78 is 37.8. The molecule has 0 aromatic heterocycles. The van der Waals surface area contributed by atoms with Gasteiger partial charge in [0.15, 0.2) is 0 Å². The molecule has 4 aromatic rings. The summed E-state index contributed by atoms with van der Waals surface area (Å²) in [5.74, 6) is -0.585. The van der Waals surface area contributed by atoms with Gasteiger partial charge in [0.2, 0.25) is 0 Å². The Morgan fingerprint density at radius 2 is 1.28 bits per heavy atom. The Balaban J connectivity index is 0.000000208. The second kappa shape index (κ2) is 18.5. The standard InChI is InChI=1S/C22H23FN2O2.C21H26FN3O2/c1-17-13-22(16-24,14-19-8-5-9-20(23)12-19)10-11-25(17)21(26)27-15-18-6-3-2-4-7-18;1-16-13-21(15-23,24-19-9-5-8-18(22)12-19)10-11-25(16)20(26)27-14-17-6-3-2-4-7-17/h2-9,12,17H,10-11,13-15H2,1H3;2-9,12,16,24H,10-11,13-15,23H2,1H3/t17-,22-;16-,21+/m00/s1. The van der Waals surface area contributed by atoms with E-state index in [-0.39, 0.29) is 54.7 Å². The molecule has 0 bridgehead atoms. The molecule has 0 saturated carbocycles. The molecule has 2 aliphatic heterocycles. The van der Waals surface area contributed by atoms with Gasteiger partial charge >= 0.3 is 12.2 Å². The fraction of sp³-hybridized carbons (Fsp3) is 0.372. The van der Waals surface area contributed by atoms with Gasteiger partial charge in [-0.15, -0.1) is 0 Å². The molecule has 2 aliphatic rings. The SMILES string of the molecule is C[C@H]1C[C@](C#N)(Cc2cccc(F)c2)CCN1C(=O)OCc1ccccc1.C[C@H]1C[C@](CN)(Nc2cccc(F)c2)CCN1C(=O)OCc1ccccc1. The molecule has 2 fully saturated rings. The minimum absolute atomic E-state index is 0.0355. The molecular weight excluding hydrogens is 688 g/mol. The van der Waals surface area contributed by atoms with Gasteiger partial charge in [-0.1, -0.05) is 78.9 Å². The number of hydrogen-bond donors (Lipinski definition) is 2. The zero-order valence-corrected chi connectivity index (χ0v) is 30.9. The summed E-state index contributed by atoms with van der Waals surface area (Å²) in [7, 11) is 0. The Kier molecular flexibility index (Phi) is 13.6. The highest BCUT2D eigenvalue weighted by molar-refractivity contribution is 5.69. The topological polar surface area (TPSA) is 121 Å². The van der Waals surface area contributed by atoms with Crippen LogP contribution in [0.3, 0.4) is 0 Å². The Morgan fingerprint density at radius 3 is 1.78 bits per heavy atom. The van der Waals surface area contributed by atoms with Crippen molar-refractivity contribution in [1.29, 1.82) is 5.26 Å². The number of nitrogens with zero attached hydrogens (tertiary/aromatic N) is 3.